The molecule has 4 aliphatic rings. The molecule has 168 valence electrons. The maximum absolute atomic E-state index is 11.6. The van der Waals surface area contributed by atoms with Gasteiger partial charge in [0.2, 0.25) is 0 Å². The Morgan fingerprint density at radius 2 is 1.72 bits per heavy atom. The van der Waals surface area contributed by atoms with Crippen LogP contribution in [0.5, 0.6) is 0 Å². The van der Waals surface area contributed by atoms with Gasteiger partial charge in [-0.2, -0.15) is 0 Å². The summed E-state index contributed by atoms with van der Waals surface area (Å²) in [5.41, 5.74) is -1.13. The van der Waals surface area contributed by atoms with Crippen LogP contribution in [0.4, 0.5) is 0 Å². The van der Waals surface area contributed by atoms with Gasteiger partial charge in [0.05, 0.1) is 18.8 Å². The number of hydrogen-bond acceptors (Lipinski definition) is 8. The van der Waals surface area contributed by atoms with Crippen molar-refractivity contribution in [1.82, 2.24) is 0 Å². The molecule has 0 aromatic rings. The van der Waals surface area contributed by atoms with Crippen LogP contribution in [0.1, 0.15) is 39.5 Å². The van der Waals surface area contributed by atoms with Crippen LogP contribution >= 0.6 is 0 Å². The fourth-order valence-electron chi connectivity index (χ4n) is 6.80. The first kappa shape index (κ1) is 21.9. The minimum atomic E-state index is -1.49. The van der Waals surface area contributed by atoms with Crippen LogP contribution in [0.3, 0.4) is 0 Å². The van der Waals surface area contributed by atoms with Gasteiger partial charge in [-0.3, -0.25) is 0 Å². The summed E-state index contributed by atoms with van der Waals surface area (Å²) >= 11 is 0. The third kappa shape index (κ3) is 3.36. The summed E-state index contributed by atoms with van der Waals surface area (Å²) in [5, 5.41) is 61.0. The van der Waals surface area contributed by atoms with Crippen LogP contribution in [-0.2, 0) is 9.47 Å². The summed E-state index contributed by atoms with van der Waals surface area (Å²) in [6.07, 6.45) is -3.36. The number of aliphatic hydroxyl groups is 6. The van der Waals surface area contributed by atoms with E-state index in [1.807, 2.05) is 0 Å². The lowest BCUT2D eigenvalue weighted by molar-refractivity contribution is -0.311. The number of fused-ring (bicyclic) bond motifs is 3. The molecule has 0 aromatic carbocycles. The molecule has 0 radical (unpaired) electrons. The van der Waals surface area contributed by atoms with Crippen LogP contribution in [0.2, 0.25) is 0 Å². The molecule has 4 rings (SSSR count). The van der Waals surface area contributed by atoms with Crippen LogP contribution in [0, 0.1) is 35.0 Å². The van der Waals surface area contributed by atoms with E-state index >= 15 is 0 Å². The van der Waals surface area contributed by atoms with Gasteiger partial charge in [0.25, 0.3) is 0 Å². The minimum Gasteiger partial charge on any atom is -0.396 e. The highest BCUT2D eigenvalue weighted by Crippen LogP contribution is 2.71. The Morgan fingerprint density at radius 3 is 2.38 bits per heavy atom. The number of rotatable bonds is 5. The molecule has 1 aliphatic heterocycles. The monoisotopic (exact) mass is 416 g/mol. The third-order valence-electron chi connectivity index (χ3n) is 8.67. The van der Waals surface area contributed by atoms with Crippen molar-refractivity contribution in [1.29, 1.82) is 0 Å². The first-order chi connectivity index (χ1) is 13.7. The van der Waals surface area contributed by atoms with Gasteiger partial charge in [-0.15, -0.1) is 0 Å². The molecule has 3 aliphatic carbocycles. The molecular formula is C21H36O8. The molecule has 1 heterocycles. The molecule has 0 aromatic heterocycles. The molecule has 12 atom stereocenters. The molecule has 4 fully saturated rings. The summed E-state index contributed by atoms with van der Waals surface area (Å²) in [6, 6.07) is 0. The number of ether oxygens (including phenoxy) is 2. The van der Waals surface area contributed by atoms with Crippen molar-refractivity contribution in [3.63, 3.8) is 0 Å². The minimum absolute atomic E-state index is 0.0428. The maximum Gasteiger partial charge on any atom is 0.186 e. The Hall–Kier alpha value is -0.320. The SMILES string of the molecule is CC1CCC2C1C1C(CCC2(O)COC2OC(CO)C(O)C(O)C2O)C1(C)CO. The Bertz CT molecular complexity index is 601. The van der Waals surface area contributed by atoms with E-state index in [9.17, 15) is 30.6 Å². The summed E-state index contributed by atoms with van der Waals surface area (Å²) in [5.74, 6) is 1.66. The average molecular weight is 417 g/mol. The summed E-state index contributed by atoms with van der Waals surface area (Å²) < 4.78 is 11.2. The lowest BCUT2D eigenvalue weighted by Crippen LogP contribution is -2.60. The standard InChI is InChI=1S/C21H36O8/c1-10-3-4-11-14(10)15-12(20(15,2)8-23)5-6-21(11,27)9-28-19-18(26)17(25)16(24)13(7-22)29-19/h10-19,22-27H,3-9H2,1-2H3. The molecule has 3 saturated carbocycles. The second-order valence-corrected chi connectivity index (χ2v) is 10.2. The van der Waals surface area contributed by atoms with E-state index in [4.69, 9.17) is 9.47 Å². The topological polar surface area (TPSA) is 140 Å². The van der Waals surface area contributed by atoms with E-state index in [1.54, 1.807) is 0 Å². The zero-order valence-corrected chi connectivity index (χ0v) is 17.2. The van der Waals surface area contributed by atoms with E-state index in [0.29, 0.717) is 30.1 Å². The highest BCUT2D eigenvalue weighted by molar-refractivity contribution is 5.17. The molecule has 0 spiro atoms. The van der Waals surface area contributed by atoms with Crippen molar-refractivity contribution in [2.75, 3.05) is 19.8 Å². The van der Waals surface area contributed by atoms with E-state index in [1.165, 1.54) is 0 Å². The molecule has 8 heteroatoms. The third-order valence-corrected chi connectivity index (χ3v) is 8.67. The first-order valence-corrected chi connectivity index (χ1v) is 10.9. The summed E-state index contributed by atoms with van der Waals surface area (Å²) in [6.45, 7) is 4.00. The van der Waals surface area contributed by atoms with Crippen molar-refractivity contribution in [2.24, 2.45) is 35.0 Å². The molecule has 0 bridgehead atoms. The van der Waals surface area contributed by atoms with Gasteiger partial charge in [0, 0.05) is 6.61 Å². The summed E-state index contributed by atoms with van der Waals surface area (Å²) in [4.78, 5) is 0. The van der Waals surface area contributed by atoms with Crippen LogP contribution in [0.25, 0.3) is 0 Å². The highest BCUT2D eigenvalue weighted by atomic mass is 16.7. The quantitative estimate of drug-likeness (QED) is 0.344. The summed E-state index contributed by atoms with van der Waals surface area (Å²) in [7, 11) is 0. The van der Waals surface area contributed by atoms with Gasteiger partial charge in [-0.25, -0.2) is 0 Å². The van der Waals surface area contributed by atoms with E-state index in [2.05, 4.69) is 13.8 Å². The normalized spacial score (nSPS) is 57.1. The van der Waals surface area contributed by atoms with Crippen molar-refractivity contribution < 1.29 is 40.1 Å². The molecule has 29 heavy (non-hydrogen) atoms. The second kappa shape index (κ2) is 7.67. The van der Waals surface area contributed by atoms with Gasteiger partial charge in [0.1, 0.15) is 24.4 Å². The fourth-order valence-corrected chi connectivity index (χ4v) is 6.80. The highest BCUT2D eigenvalue weighted by Gasteiger charge is 2.69. The Labute approximate surface area is 171 Å². The van der Waals surface area contributed by atoms with Crippen molar-refractivity contribution in [2.45, 2.75) is 75.8 Å². The Morgan fingerprint density at radius 1 is 1.00 bits per heavy atom. The van der Waals surface area contributed by atoms with Crippen LogP contribution in [-0.4, -0.2) is 86.8 Å². The lowest BCUT2D eigenvalue weighted by Gasteiger charge is -2.43. The van der Waals surface area contributed by atoms with E-state index < -0.39 is 42.9 Å². The van der Waals surface area contributed by atoms with E-state index in [0.717, 1.165) is 19.3 Å². The van der Waals surface area contributed by atoms with Crippen molar-refractivity contribution >= 4 is 0 Å². The first-order valence-electron chi connectivity index (χ1n) is 10.9. The Kier molecular flexibility index (Phi) is 5.79. The second-order valence-electron chi connectivity index (χ2n) is 10.2. The average Bonchev–Trinajstić information content (AvgIpc) is 3.15. The largest absolute Gasteiger partial charge is 0.396 e. The molecule has 0 amide bonds. The predicted molar refractivity (Wildman–Crippen MR) is 101 cm³/mol. The number of hydrogen-bond donors (Lipinski definition) is 6. The molecule has 6 N–H and O–H groups in total. The van der Waals surface area contributed by atoms with Crippen LogP contribution < -0.4 is 0 Å². The zero-order chi connectivity index (χ0) is 21.1. The van der Waals surface area contributed by atoms with E-state index in [-0.39, 0.29) is 24.5 Å². The fraction of sp³-hybridized carbons (Fsp3) is 1.00. The number of aliphatic hydroxyl groups excluding tert-OH is 5. The van der Waals surface area contributed by atoms with Gasteiger partial charge in [-0.1, -0.05) is 20.3 Å². The van der Waals surface area contributed by atoms with Gasteiger partial charge in [0.15, 0.2) is 6.29 Å². The molecule has 8 nitrogen and oxygen atoms in total. The van der Waals surface area contributed by atoms with Gasteiger partial charge >= 0.3 is 0 Å². The van der Waals surface area contributed by atoms with Crippen molar-refractivity contribution in [3.05, 3.63) is 0 Å². The smallest absolute Gasteiger partial charge is 0.186 e. The predicted octanol–water partition coefficient (Wildman–Crippen LogP) is -0.765. The van der Waals surface area contributed by atoms with Gasteiger partial charge < -0.3 is 40.1 Å². The molecule has 1 saturated heterocycles. The Balaban J connectivity index is 1.47. The lowest BCUT2D eigenvalue weighted by atomic mass is 9.73. The molecule has 12 unspecified atom stereocenters. The van der Waals surface area contributed by atoms with Crippen molar-refractivity contribution in [3.8, 4) is 0 Å². The molecular weight excluding hydrogens is 380 g/mol. The zero-order valence-electron chi connectivity index (χ0n) is 17.2. The van der Waals surface area contributed by atoms with Gasteiger partial charge in [-0.05, 0) is 54.3 Å². The maximum atomic E-state index is 11.6. The van der Waals surface area contributed by atoms with Crippen LogP contribution in [0.15, 0.2) is 0 Å².